The first-order chi connectivity index (χ1) is 26.4. The van der Waals surface area contributed by atoms with E-state index in [1.165, 1.54) is 37.0 Å². The van der Waals surface area contributed by atoms with Crippen molar-refractivity contribution in [3.8, 4) is 28.3 Å². The van der Waals surface area contributed by atoms with Crippen molar-refractivity contribution in [2.45, 2.75) is 89.8 Å². The van der Waals surface area contributed by atoms with Crippen molar-refractivity contribution in [2.75, 3.05) is 6.61 Å². The molecule has 55 heavy (non-hydrogen) atoms. The van der Waals surface area contributed by atoms with E-state index in [1.54, 1.807) is 48.8 Å². The first-order valence-electron chi connectivity index (χ1n) is 18.7. The van der Waals surface area contributed by atoms with Crippen LogP contribution in [-0.4, -0.2) is 56.7 Å². The first-order valence-corrected chi connectivity index (χ1v) is 19.6. The van der Waals surface area contributed by atoms with E-state index in [2.05, 4.69) is 48.3 Å². The fraction of sp³-hybridized carbons (Fsp3) is 0.341. The summed E-state index contributed by atoms with van der Waals surface area (Å²) < 4.78 is 5.90. The number of ether oxygens (including phenoxy) is 1. The number of aromatic nitrogens is 2. The zero-order valence-corrected chi connectivity index (χ0v) is 32.6. The van der Waals surface area contributed by atoms with Crippen molar-refractivity contribution in [1.29, 1.82) is 0 Å². The lowest BCUT2D eigenvalue weighted by Crippen LogP contribution is -2.54. The lowest BCUT2D eigenvalue weighted by molar-refractivity contribution is -0.145. The van der Waals surface area contributed by atoms with Crippen LogP contribution in [0.5, 0.6) is 5.75 Å². The molecule has 0 aliphatic rings. The molecular formula is C44H50N4O6S. The fourth-order valence-corrected chi connectivity index (χ4v) is 6.93. The van der Waals surface area contributed by atoms with Crippen molar-refractivity contribution in [1.82, 2.24) is 20.6 Å². The van der Waals surface area contributed by atoms with E-state index < -0.39 is 36.0 Å². The molecule has 2 amide bonds. The molecular weight excluding hydrogens is 713 g/mol. The van der Waals surface area contributed by atoms with E-state index in [4.69, 9.17) is 4.74 Å². The zero-order valence-electron chi connectivity index (χ0n) is 31.8. The highest BCUT2D eigenvalue weighted by atomic mass is 32.1. The van der Waals surface area contributed by atoms with Crippen molar-refractivity contribution in [3.63, 3.8) is 0 Å². The van der Waals surface area contributed by atoms with Crippen LogP contribution in [0.4, 0.5) is 0 Å². The molecule has 0 bridgehead atoms. The summed E-state index contributed by atoms with van der Waals surface area (Å²) in [5.41, 5.74) is 3.48. The Morgan fingerprint density at radius 1 is 0.782 bits per heavy atom. The molecule has 0 spiro atoms. The van der Waals surface area contributed by atoms with Crippen molar-refractivity contribution >= 4 is 29.1 Å². The van der Waals surface area contributed by atoms with Gasteiger partial charge < -0.3 is 25.6 Å². The van der Waals surface area contributed by atoms with E-state index in [-0.39, 0.29) is 11.8 Å². The molecule has 3 aromatic carbocycles. The Morgan fingerprint density at radius 3 is 2.05 bits per heavy atom. The molecule has 0 radical (unpaired) electrons. The van der Waals surface area contributed by atoms with Gasteiger partial charge in [0, 0.05) is 34.8 Å². The molecule has 0 aliphatic heterocycles. The molecule has 1 unspecified atom stereocenters. The molecule has 0 fully saturated rings. The lowest BCUT2D eigenvalue weighted by Gasteiger charge is -2.24. The molecule has 5 aromatic rings. The number of thiophene rings is 1. The van der Waals surface area contributed by atoms with Gasteiger partial charge in [0.1, 0.15) is 17.9 Å². The predicted molar refractivity (Wildman–Crippen MR) is 216 cm³/mol. The van der Waals surface area contributed by atoms with Crippen LogP contribution in [0.15, 0.2) is 103 Å². The minimum absolute atomic E-state index is 0.0570. The summed E-state index contributed by atoms with van der Waals surface area (Å²) in [6.07, 6.45) is 8.04. The number of carboxylic acid groups (broad SMARTS) is 1. The number of benzene rings is 3. The van der Waals surface area contributed by atoms with Gasteiger partial charge in [-0.15, -0.1) is 11.3 Å². The number of hydrogen-bond donors (Lipinski definition) is 4. The molecule has 5 rings (SSSR count). The second kappa shape index (κ2) is 19.3. The topological polar surface area (TPSA) is 151 Å². The second-order valence-corrected chi connectivity index (χ2v) is 15.7. The van der Waals surface area contributed by atoms with Crippen LogP contribution in [0.3, 0.4) is 0 Å². The molecule has 11 heteroatoms. The molecule has 2 heterocycles. The number of carbonyl (C=O) groups is 3. The van der Waals surface area contributed by atoms with Gasteiger partial charge >= 0.3 is 5.97 Å². The molecule has 0 saturated heterocycles. The number of amides is 2. The van der Waals surface area contributed by atoms with E-state index in [0.29, 0.717) is 28.4 Å². The number of aliphatic carboxylic acids is 1. The molecule has 0 aliphatic carbocycles. The summed E-state index contributed by atoms with van der Waals surface area (Å²) in [7, 11) is 0. The van der Waals surface area contributed by atoms with Crippen molar-refractivity contribution in [2.24, 2.45) is 0 Å². The summed E-state index contributed by atoms with van der Waals surface area (Å²) in [5.74, 6) is -1.25. The van der Waals surface area contributed by atoms with Crippen LogP contribution >= 0.6 is 11.3 Å². The Labute approximate surface area is 327 Å². The number of carboxylic acids is 1. The number of aliphatic hydroxyl groups is 1. The quantitative estimate of drug-likeness (QED) is 0.0654. The number of nitrogens with zero attached hydrogens (tertiary/aromatic N) is 2. The smallest absolute Gasteiger partial charge is 0.329 e. The molecule has 0 saturated carbocycles. The van der Waals surface area contributed by atoms with Gasteiger partial charge in [0.2, 0.25) is 5.91 Å². The maximum atomic E-state index is 13.8. The average Bonchev–Trinajstić information content (AvgIpc) is 3.71. The number of rotatable bonds is 18. The van der Waals surface area contributed by atoms with Gasteiger partial charge in [-0.2, -0.15) is 0 Å². The van der Waals surface area contributed by atoms with Gasteiger partial charge in [0.15, 0.2) is 11.9 Å². The Bertz CT molecular complexity index is 1990. The molecule has 288 valence electrons. The van der Waals surface area contributed by atoms with Crippen LogP contribution < -0.4 is 15.4 Å². The Balaban J connectivity index is 1.27. The van der Waals surface area contributed by atoms with Gasteiger partial charge in [0.05, 0.1) is 11.5 Å². The SMILES string of the molecule is CCCCCCCOc1ccc(-c2cnc(-c3ccc(CC(NC(=O)c4ccc(C(C)(C)C)s4)C(=O)N[C@@H](C(=O)O)[C@H](O)c4ccccc4)cc3)nc2)cc1. The van der Waals surface area contributed by atoms with Crippen molar-refractivity contribution < 1.29 is 29.3 Å². The number of aliphatic hydroxyl groups excluding tert-OH is 1. The van der Waals surface area contributed by atoms with Crippen LogP contribution in [-0.2, 0) is 21.4 Å². The summed E-state index contributed by atoms with van der Waals surface area (Å²) in [6.45, 7) is 9.07. The van der Waals surface area contributed by atoms with Crippen LogP contribution in [0, 0.1) is 0 Å². The number of hydrogen-bond acceptors (Lipinski definition) is 8. The maximum Gasteiger partial charge on any atom is 0.329 e. The average molecular weight is 763 g/mol. The third kappa shape index (κ3) is 11.6. The Hall–Kier alpha value is -5.39. The fourth-order valence-electron chi connectivity index (χ4n) is 5.96. The van der Waals surface area contributed by atoms with Gasteiger partial charge in [0.25, 0.3) is 5.91 Å². The van der Waals surface area contributed by atoms with Gasteiger partial charge in [-0.3, -0.25) is 9.59 Å². The van der Waals surface area contributed by atoms with Gasteiger partial charge in [-0.25, -0.2) is 14.8 Å². The molecule has 10 nitrogen and oxygen atoms in total. The minimum Gasteiger partial charge on any atom is -0.494 e. The van der Waals surface area contributed by atoms with Crippen LogP contribution in [0.1, 0.15) is 91.6 Å². The summed E-state index contributed by atoms with van der Waals surface area (Å²) in [6, 6.07) is 24.3. The standard InChI is InChI=1S/C44H50N4O6S/c1-5-6-7-8-12-25-54-34-21-19-30(20-22-34)33-27-45-40(46-28-33)32-17-15-29(16-18-32)26-35(47-42(51)36-23-24-37(55-36)44(2,3)4)41(50)48-38(43(52)53)39(49)31-13-10-9-11-14-31/h9-11,13-24,27-28,35,38-39,49H,5-8,12,25-26H2,1-4H3,(H,47,51)(H,48,50)(H,52,53)/t35?,38-,39-/m1/s1. The highest BCUT2D eigenvalue weighted by molar-refractivity contribution is 7.14. The molecule has 4 N–H and O–H groups in total. The third-order valence-electron chi connectivity index (χ3n) is 9.22. The number of carbonyl (C=O) groups excluding carboxylic acids is 2. The summed E-state index contributed by atoms with van der Waals surface area (Å²) in [4.78, 5) is 50.1. The lowest BCUT2D eigenvalue weighted by atomic mass is 9.95. The Morgan fingerprint density at radius 2 is 1.44 bits per heavy atom. The van der Waals surface area contributed by atoms with Crippen molar-refractivity contribution in [3.05, 3.63) is 124 Å². The first kappa shape index (κ1) is 40.8. The predicted octanol–water partition coefficient (Wildman–Crippen LogP) is 8.16. The van der Waals surface area contributed by atoms with E-state index in [1.807, 2.05) is 54.6 Å². The monoisotopic (exact) mass is 762 g/mol. The van der Waals surface area contributed by atoms with Crippen LogP contribution in [0.2, 0.25) is 0 Å². The number of unbranched alkanes of at least 4 members (excludes halogenated alkanes) is 4. The largest absolute Gasteiger partial charge is 0.494 e. The summed E-state index contributed by atoms with van der Waals surface area (Å²) >= 11 is 1.34. The normalized spacial score (nSPS) is 13.0. The van der Waals surface area contributed by atoms with E-state index >= 15 is 0 Å². The highest BCUT2D eigenvalue weighted by Crippen LogP contribution is 2.30. The van der Waals surface area contributed by atoms with E-state index in [0.717, 1.165) is 33.7 Å². The molecule has 3 atom stereocenters. The second-order valence-electron chi connectivity index (χ2n) is 14.6. The summed E-state index contributed by atoms with van der Waals surface area (Å²) in [5, 5.41) is 26.2. The molecule has 2 aromatic heterocycles. The Kier molecular flexibility index (Phi) is 14.3. The number of nitrogens with one attached hydrogen (secondary N) is 2. The zero-order chi connectivity index (χ0) is 39.4. The van der Waals surface area contributed by atoms with E-state index in [9.17, 15) is 24.6 Å². The van der Waals surface area contributed by atoms with Gasteiger partial charge in [-0.05, 0) is 52.8 Å². The van der Waals surface area contributed by atoms with Crippen LogP contribution in [0.25, 0.3) is 22.5 Å². The minimum atomic E-state index is -1.65. The highest BCUT2D eigenvalue weighted by Gasteiger charge is 2.33. The maximum absolute atomic E-state index is 13.8. The third-order valence-corrected chi connectivity index (χ3v) is 10.7. The van der Waals surface area contributed by atoms with Gasteiger partial charge in [-0.1, -0.05) is 120 Å².